The molecule has 7 heteroatoms. The molecule has 2 amide bonds. The second-order valence-electron chi connectivity index (χ2n) is 5.11. The number of hydrogen-bond donors (Lipinski definition) is 1. The lowest BCUT2D eigenvalue weighted by molar-refractivity contribution is -0.123. The maximum atomic E-state index is 11.9. The quantitative estimate of drug-likeness (QED) is 0.739. The molecule has 0 bridgehead atoms. The molecule has 0 aliphatic rings. The third-order valence-electron chi connectivity index (χ3n) is 3.39. The Balaban J connectivity index is 1.56. The van der Waals surface area contributed by atoms with Crippen LogP contribution in [0.2, 0.25) is 0 Å². The topological polar surface area (TPSA) is 90.5 Å². The number of amides is 2. The second kappa shape index (κ2) is 6.41. The van der Waals surface area contributed by atoms with E-state index in [9.17, 15) is 14.4 Å². The van der Waals surface area contributed by atoms with E-state index < -0.39 is 24.4 Å². The van der Waals surface area contributed by atoms with Crippen LogP contribution in [0.15, 0.2) is 53.1 Å². The van der Waals surface area contributed by atoms with Crippen molar-refractivity contribution in [2.45, 2.75) is 0 Å². The average Bonchev–Trinajstić information content (AvgIpc) is 3.18. The van der Waals surface area contributed by atoms with Crippen molar-refractivity contribution >= 4 is 28.8 Å². The van der Waals surface area contributed by atoms with Crippen molar-refractivity contribution in [3.63, 3.8) is 0 Å². The molecule has 0 saturated carbocycles. The van der Waals surface area contributed by atoms with Crippen LogP contribution >= 0.6 is 0 Å². The van der Waals surface area contributed by atoms with Crippen molar-refractivity contribution in [1.82, 2.24) is 9.88 Å². The Morgan fingerprint density at radius 2 is 1.96 bits per heavy atom. The van der Waals surface area contributed by atoms with Crippen molar-refractivity contribution in [3.8, 4) is 0 Å². The van der Waals surface area contributed by atoms with Crippen LogP contribution in [0.4, 0.5) is 0 Å². The van der Waals surface area contributed by atoms with Gasteiger partial charge in [-0.15, -0.1) is 0 Å². The first-order valence-electron chi connectivity index (χ1n) is 7.16. The molecule has 1 aromatic carbocycles. The van der Waals surface area contributed by atoms with Gasteiger partial charge in [0, 0.05) is 18.6 Å². The number of carbonyl (C=O) groups is 3. The van der Waals surface area contributed by atoms with Crippen LogP contribution in [0, 0.1) is 0 Å². The van der Waals surface area contributed by atoms with Gasteiger partial charge in [0.15, 0.2) is 6.61 Å². The molecule has 0 radical (unpaired) electrons. The lowest BCUT2D eigenvalue weighted by atomic mass is 10.2. The molecule has 0 spiro atoms. The van der Waals surface area contributed by atoms with E-state index in [1.807, 2.05) is 6.07 Å². The van der Waals surface area contributed by atoms with Crippen LogP contribution < -0.4 is 5.32 Å². The summed E-state index contributed by atoms with van der Waals surface area (Å²) in [5.74, 6) is -2.05. The number of furan rings is 1. The van der Waals surface area contributed by atoms with Gasteiger partial charge in [-0.3, -0.25) is 14.9 Å². The molecule has 2 heterocycles. The van der Waals surface area contributed by atoms with Crippen LogP contribution in [0.1, 0.15) is 21.0 Å². The maximum absolute atomic E-state index is 11.9. The summed E-state index contributed by atoms with van der Waals surface area (Å²) < 4.78 is 11.8. The van der Waals surface area contributed by atoms with Crippen LogP contribution in [0.3, 0.4) is 0 Å². The molecule has 0 saturated heterocycles. The first-order valence-corrected chi connectivity index (χ1v) is 7.16. The summed E-state index contributed by atoms with van der Waals surface area (Å²) in [6.07, 6.45) is 1.68. The highest BCUT2D eigenvalue weighted by Gasteiger charge is 2.17. The summed E-state index contributed by atoms with van der Waals surface area (Å²) in [6.45, 7) is -0.577. The van der Waals surface area contributed by atoms with Gasteiger partial charge >= 0.3 is 5.97 Å². The third kappa shape index (κ3) is 3.19. The summed E-state index contributed by atoms with van der Waals surface area (Å²) in [7, 11) is 1.68. The lowest BCUT2D eigenvalue weighted by Gasteiger charge is -2.05. The summed E-state index contributed by atoms with van der Waals surface area (Å²) in [5, 5.41) is 2.91. The summed E-state index contributed by atoms with van der Waals surface area (Å²) in [5.41, 5.74) is 0.875. The minimum Gasteiger partial charge on any atom is -0.450 e. The highest BCUT2D eigenvalue weighted by atomic mass is 16.5. The van der Waals surface area contributed by atoms with Crippen molar-refractivity contribution < 1.29 is 23.5 Å². The Morgan fingerprint density at radius 1 is 1.17 bits per heavy atom. The van der Waals surface area contributed by atoms with E-state index in [1.165, 1.54) is 6.07 Å². The number of nitrogens with zero attached hydrogens (tertiary/aromatic N) is 1. The number of nitrogens with one attached hydrogen (secondary N) is 1. The molecular formula is C17H14N2O5. The smallest absolute Gasteiger partial charge is 0.374 e. The number of esters is 1. The normalized spacial score (nSPS) is 10.5. The first-order chi connectivity index (χ1) is 11.5. The first kappa shape index (κ1) is 15.5. The molecule has 122 valence electrons. The molecule has 3 aromatic rings. The largest absolute Gasteiger partial charge is 0.450 e. The van der Waals surface area contributed by atoms with Crippen LogP contribution in [0.5, 0.6) is 0 Å². The van der Waals surface area contributed by atoms with Crippen molar-refractivity contribution in [3.05, 3.63) is 60.1 Å². The number of carbonyl (C=O) groups excluding carboxylic acids is 3. The van der Waals surface area contributed by atoms with Gasteiger partial charge in [0.2, 0.25) is 5.76 Å². The minimum atomic E-state index is -0.771. The van der Waals surface area contributed by atoms with Crippen molar-refractivity contribution in [2.24, 2.45) is 7.05 Å². The van der Waals surface area contributed by atoms with Gasteiger partial charge in [-0.1, -0.05) is 18.2 Å². The van der Waals surface area contributed by atoms with Gasteiger partial charge in [0.05, 0.1) is 0 Å². The van der Waals surface area contributed by atoms with Crippen LogP contribution in [-0.4, -0.2) is 29.0 Å². The number of para-hydroxylation sites is 1. The minimum absolute atomic E-state index is 0.00207. The van der Waals surface area contributed by atoms with E-state index >= 15 is 0 Å². The van der Waals surface area contributed by atoms with Gasteiger partial charge < -0.3 is 13.7 Å². The molecular weight excluding hydrogens is 312 g/mol. The zero-order valence-corrected chi connectivity index (χ0v) is 12.8. The number of aryl methyl sites for hydroxylation is 1. The van der Waals surface area contributed by atoms with E-state index in [0.717, 1.165) is 5.39 Å². The monoisotopic (exact) mass is 326 g/mol. The molecule has 1 N–H and O–H groups in total. The van der Waals surface area contributed by atoms with Crippen LogP contribution in [0.25, 0.3) is 11.0 Å². The van der Waals surface area contributed by atoms with Crippen LogP contribution in [-0.2, 0) is 16.6 Å². The Labute approximate surface area is 136 Å². The van der Waals surface area contributed by atoms with E-state index in [2.05, 4.69) is 5.32 Å². The molecule has 7 nitrogen and oxygen atoms in total. The predicted octanol–water partition coefficient (Wildman–Crippen LogP) is 1.88. The Kier molecular flexibility index (Phi) is 4.15. The van der Waals surface area contributed by atoms with Gasteiger partial charge in [-0.25, -0.2) is 4.79 Å². The highest BCUT2D eigenvalue weighted by Crippen LogP contribution is 2.19. The SMILES string of the molecule is Cn1cccc1C(=O)NC(=O)COC(=O)c1cc2ccccc2o1. The van der Waals surface area contributed by atoms with E-state index in [4.69, 9.17) is 9.15 Å². The third-order valence-corrected chi connectivity index (χ3v) is 3.39. The lowest BCUT2D eigenvalue weighted by Crippen LogP contribution is -2.35. The molecule has 24 heavy (non-hydrogen) atoms. The van der Waals surface area contributed by atoms with E-state index in [0.29, 0.717) is 11.3 Å². The maximum Gasteiger partial charge on any atom is 0.374 e. The molecule has 0 unspecified atom stereocenters. The fourth-order valence-corrected chi connectivity index (χ4v) is 2.21. The average molecular weight is 326 g/mol. The molecule has 0 aliphatic carbocycles. The van der Waals surface area contributed by atoms with Gasteiger partial charge in [0.25, 0.3) is 11.8 Å². The summed E-state index contributed by atoms with van der Waals surface area (Å²) in [6, 6.07) is 11.9. The molecule has 0 fully saturated rings. The fraction of sp³-hybridized carbons (Fsp3) is 0.118. The summed E-state index contributed by atoms with van der Waals surface area (Å²) in [4.78, 5) is 35.5. The van der Waals surface area contributed by atoms with Crippen molar-refractivity contribution in [1.29, 1.82) is 0 Å². The Morgan fingerprint density at radius 3 is 2.67 bits per heavy atom. The zero-order chi connectivity index (χ0) is 17.1. The number of ether oxygens (including phenoxy) is 1. The number of hydrogen-bond acceptors (Lipinski definition) is 5. The molecule has 3 rings (SSSR count). The van der Waals surface area contributed by atoms with Crippen molar-refractivity contribution in [2.75, 3.05) is 6.61 Å². The van der Waals surface area contributed by atoms with Gasteiger partial charge in [-0.05, 0) is 24.3 Å². The number of benzene rings is 1. The number of imide groups is 1. The predicted molar refractivity (Wildman–Crippen MR) is 84.4 cm³/mol. The van der Waals surface area contributed by atoms with Gasteiger partial charge in [-0.2, -0.15) is 0 Å². The summed E-state index contributed by atoms with van der Waals surface area (Å²) >= 11 is 0. The molecule has 0 atom stereocenters. The second-order valence-corrected chi connectivity index (χ2v) is 5.11. The molecule has 0 aliphatic heterocycles. The number of aromatic nitrogens is 1. The highest BCUT2D eigenvalue weighted by molar-refractivity contribution is 6.04. The molecule has 2 aromatic heterocycles. The number of fused-ring (bicyclic) bond motifs is 1. The standard InChI is InChI=1S/C17H14N2O5/c1-19-8-4-6-12(19)16(21)18-15(20)10-23-17(22)14-9-11-5-2-3-7-13(11)24-14/h2-9H,10H2,1H3,(H,18,20,21). The van der Waals surface area contributed by atoms with Gasteiger partial charge in [0.1, 0.15) is 11.3 Å². The van der Waals surface area contributed by atoms with E-state index in [1.54, 1.807) is 48.1 Å². The Bertz CT molecular complexity index is 889. The van der Waals surface area contributed by atoms with E-state index in [-0.39, 0.29) is 5.76 Å². The zero-order valence-electron chi connectivity index (χ0n) is 12.8. The fourth-order valence-electron chi connectivity index (χ4n) is 2.21. The number of rotatable bonds is 4. The Hall–Kier alpha value is -3.35.